The molecule has 0 aliphatic heterocycles. The molecule has 0 aliphatic rings. The summed E-state index contributed by atoms with van der Waals surface area (Å²) in [6.45, 7) is 8.72. The van der Waals surface area contributed by atoms with Gasteiger partial charge in [-0.1, -0.05) is 65.0 Å². The number of ether oxygens (including phenoxy) is 2. The van der Waals surface area contributed by atoms with Crippen LogP contribution >= 0.6 is 0 Å². The van der Waals surface area contributed by atoms with Gasteiger partial charge in [0.1, 0.15) is 11.5 Å². The number of hydrogen-bond acceptors (Lipinski definition) is 3. The molecule has 0 aromatic heterocycles. The molecular weight excluding hydrogens is 372 g/mol. The zero-order valence-electron chi connectivity index (χ0n) is 19.2. The van der Waals surface area contributed by atoms with Crippen LogP contribution in [0.25, 0.3) is 0 Å². The Kier molecular flexibility index (Phi) is 10.5. The van der Waals surface area contributed by atoms with Crippen molar-refractivity contribution in [2.75, 3.05) is 0 Å². The minimum atomic E-state index is -0.348. The molecule has 0 heterocycles. The normalized spacial score (nSPS) is 12.9. The van der Waals surface area contributed by atoms with Crippen LogP contribution in [0.2, 0.25) is 0 Å². The van der Waals surface area contributed by atoms with Crippen molar-refractivity contribution in [3.63, 3.8) is 0 Å². The molecule has 0 spiro atoms. The molecular formula is C27H38O3. The average molecular weight is 411 g/mol. The summed E-state index contributed by atoms with van der Waals surface area (Å²) in [5.74, 6) is 1.86. The minimum Gasteiger partial charge on any atom is -0.491 e. The summed E-state index contributed by atoms with van der Waals surface area (Å²) in [5.41, 5.74) is 1.82. The van der Waals surface area contributed by atoms with Crippen molar-refractivity contribution in [2.45, 2.75) is 85.2 Å². The van der Waals surface area contributed by atoms with Gasteiger partial charge < -0.3 is 9.47 Å². The van der Waals surface area contributed by atoms with E-state index in [9.17, 15) is 4.79 Å². The van der Waals surface area contributed by atoms with E-state index in [1.165, 1.54) is 44.1 Å². The first-order valence-corrected chi connectivity index (χ1v) is 11.6. The molecule has 2 rings (SSSR count). The molecule has 0 amide bonds. The molecule has 0 saturated heterocycles. The predicted octanol–water partition coefficient (Wildman–Crippen LogP) is 7.62. The second-order valence-corrected chi connectivity index (χ2v) is 8.36. The van der Waals surface area contributed by atoms with Crippen LogP contribution in [0.1, 0.15) is 88.6 Å². The fourth-order valence-corrected chi connectivity index (χ4v) is 3.25. The fraction of sp³-hybridized carbons (Fsp3) is 0.519. The van der Waals surface area contributed by atoms with Crippen LogP contribution < -0.4 is 9.47 Å². The van der Waals surface area contributed by atoms with Gasteiger partial charge in [-0.2, -0.15) is 0 Å². The largest absolute Gasteiger partial charge is 0.491 e. The van der Waals surface area contributed by atoms with Gasteiger partial charge in [-0.3, -0.25) is 0 Å². The number of hydrogen-bond donors (Lipinski definition) is 0. The molecule has 0 saturated carbocycles. The van der Waals surface area contributed by atoms with Gasteiger partial charge in [-0.15, -0.1) is 0 Å². The smallest absolute Gasteiger partial charge is 0.343 e. The van der Waals surface area contributed by atoms with Crippen molar-refractivity contribution in [2.24, 2.45) is 5.92 Å². The van der Waals surface area contributed by atoms with Crippen LogP contribution in [0.5, 0.6) is 11.5 Å². The number of esters is 1. The highest BCUT2D eigenvalue weighted by atomic mass is 16.5. The highest BCUT2D eigenvalue weighted by Crippen LogP contribution is 2.19. The Morgan fingerprint density at radius 1 is 0.800 bits per heavy atom. The molecule has 0 radical (unpaired) electrons. The molecule has 2 aromatic carbocycles. The summed E-state index contributed by atoms with van der Waals surface area (Å²) in [6, 6.07) is 15.0. The van der Waals surface area contributed by atoms with Gasteiger partial charge in [-0.25, -0.2) is 4.79 Å². The maximum Gasteiger partial charge on any atom is 0.343 e. The Hall–Kier alpha value is -2.29. The van der Waals surface area contributed by atoms with E-state index >= 15 is 0 Å². The summed E-state index contributed by atoms with van der Waals surface area (Å²) >= 11 is 0. The van der Waals surface area contributed by atoms with Crippen molar-refractivity contribution in [1.82, 2.24) is 0 Å². The highest BCUT2D eigenvalue weighted by molar-refractivity contribution is 5.91. The third-order valence-electron chi connectivity index (χ3n) is 5.75. The molecule has 2 atom stereocenters. The molecule has 2 aromatic rings. The second-order valence-electron chi connectivity index (χ2n) is 8.36. The van der Waals surface area contributed by atoms with Gasteiger partial charge in [0.15, 0.2) is 0 Å². The molecule has 3 nitrogen and oxygen atoms in total. The SMILES string of the molecule is CC[C@H](C)CCCCCCc1ccc(OC(=O)c2ccc(O[C@H](C)CC)cc2)cc1. The van der Waals surface area contributed by atoms with Crippen LogP contribution in [0.15, 0.2) is 48.5 Å². The van der Waals surface area contributed by atoms with Crippen molar-refractivity contribution < 1.29 is 14.3 Å². The quantitative estimate of drug-likeness (QED) is 0.193. The molecule has 3 heteroatoms. The van der Waals surface area contributed by atoms with E-state index in [2.05, 4.69) is 32.9 Å². The van der Waals surface area contributed by atoms with Gasteiger partial charge in [0.2, 0.25) is 0 Å². The summed E-state index contributed by atoms with van der Waals surface area (Å²) in [7, 11) is 0. The van der Waals surface area contributed by atoms with Gasteiger partial charge in [-0.05, 0) is 74.1 Å². The first kappa shape index (κ1) is 24.0. The predicted molar refractivity (Wildman–Crippen MR) is 124 cm³/mol. The van der Waals surface area contributed by atoms with E-state index in [0.717, 1.165) is 24.5 Å². The van der Waals surface area contributed by atoms with Crippen molar-refractivity contribution in [1.29, 1.82) is 0 Å². The van der Waals surface area contributed by atoms with E-state index in [1.54, 1.807) is 12.1 Å². The monoisotopic (exact) mass is 410 g/mol. The maximum absolute atomic E-state index is 12.4. The Bertz CT molecular complexity index is 734. The lowest BCUT2D eigenvalue weighted by atomic mass is 9.99. The third-order valence-corrected chi connectivity index (χ3v) is 5.75. The number of rotatable bonds is 13. The molecule has 0 aliphatic carbocycles. The van der Waals surface area contributed by atoms with E-state index in [4.69, 9.17) is 9.47 Å². The second kappa shape index (κ2) is 13.1. The zero-order chi connectivity index (χ0) is 21.8. The topological polar surface area (TPSA) is 35.5 Å². The molecule has 0 bridgehead atoms. The maximum atomic E-state index is 12.4. The minimum absolute atomic E-state index is 0.158. The van der Waals surface area contributed by atoms with Crippen LogP contribution in [0.3, 0.4) is 0 Å². The van der Waals surface area contributed by atoms with E-state index in [-0.39, 0.29) is 12.1 Å². The average Bonchev–Trinajstić information content (AvgIpc) is 2.77. The Labute approximate surface area is 182 Å². The van der Waals surface area contributed by atoms with Crippen LogP contribution in [-0.4, -0.2) is 12.1 Å². The van der Waals surface area contributed by atoms with Gasteiger partial charge >= 0.3 is 5.97 Å². The van der Waals surface area contributed by atoms with Gasteiger partial charge in [0, 0.05) is 0 Å². The van der Waals surface area contributed by atoms with Crippen molar-refractivity contribution >= 4 is 5.97 Å². The Balaban J connectivity index is 1.73. The number of carbonyl (C=O) groups is 1. The standard InChI is InChI=1S/C27H38O3/c1-5-21(3)11-9-7-8-10-12-23-13-17-26(18-14-23)30-27(28)24-15-19-25(20-16-24)29-22(4)6-2/h13-22H,5-12H2,1-4H3/t21-,22+/m0/s1. The van der Waals surface area contributed by atoms with Crippen LogP contribution in [0, 0.1) is 5.92 Å². The number of benzene rings is 2. The van der Waals surface area contributed by atoms with Gasteiger partial charge in [0.05, 0.1) is 11.7 Å². The lowest BCUT2D eigenvalue weighted by Crippen LogP contribution is -2.11. The molecule has 0 fully saturated rings. The highest BCUT2D eigenvalue weighted by Gasteiger charge is 2.10. The van der Waals surface area contributed by atoms with Crippen LogP contribution in [-0.2, 0) is 6.42 Å². The molecule has 164 valence electrons. The zero-order valence-corrected chi connectivity index (χ0v) is 19.2. The van der Waals surface area contributed by atoms with E-state index in [1.807, 2.05) is 31.2 Å². The molecule has 30 heavy (non-hydrogen) atoms. The number of unbranched alkanes of at least 4 members (excludes halogenated alkanes) is 3. The first-order chi connectivity index (χ1) is 14.5. The van der Waals surface area contributed by atoms with Crippen LogP contribution in [0.4, 0.5) is 0 Å². The summed E-state index contributed by atoms with van der Waals surface area (Å²) < 4.78 is 11.3. The number of aryl methyl sites for hydroxylation is 1. The van der Waals surface area contributed by atoms with Crippen molar-refractivity contribution in [3.8, 4) is 11.5 Å². The Morgan fingerprint density at radius 2 is 1.43 bits per heavy atom. The fourth-order valence-electron chi connectivity index (χ4n) is 3.25. The summed E-state index contributed by atoms with van der Waals surface area (Å²) in [6.07, 6.45) is 9.97. The number of carbonyl (C=O) groups excluding carboxylic acids is 1. The van der Waals surface area contributed by atoms with E-state index < -0.39 is 0 Å². The third kappa shape index (κ3) is 8.61. The molecule has 0 unspecified atom stereocenters. The lowest BCUT2D eigenvalue weighted by molar-refractivity contribution is 0.0734. The lowest BCUT2D eigenvalue weighted by Gasteiger charge is -2.12. The summed E-state index contributed by atoms with van der Waals surface area (Å²) in [5, 5.41) is 0. The van der Waals surface area contributed by atoms with Crippen molar-refractivity contribution in [3.05, 3.63) is 59.7 Å². The first-order valence-electron chi connectivity index (χ1n) is 11.6. The van der Waals surface area contributed by atoms with E-state index in [0.29, 0.717) is 11.3 Å². The molecule has 0 N–H and O–H groups in total. The van der Waals surface area contributed by atoms with Gasteiger partial charge in [0.25, 0.3) is 0 Å². The Morgan fingerprint density at radius 3 is 2.07 bits per heavy atom. The summed E-state index contributed by atoms with van der Waals surface area (Å²) in [4.78, 5) is 12.4.